The van der Waals surface area contributed by atoms with Crippen LogP contribution in [0.1, 0.15) is 61.3 Å². The van der Waals surface area contributed by atoms with E-state index in [9.17, 15) is 14.4 Å². The Labute approximate surface area is 147 Å². The summed E-state index contributed by atoms with van der Waals surface area (Å²) in [6.07, 6.45) is 1.11. The van der Waals surface area contributed by atoms with Crippen molar-refractivity contribution < 1.29 is 19.1 Å². The number of ketones is 2. The van der Waals surface area contributed by atoms with Crippen molar-refractivity contribution >= 4 is 45.2 Å². The second kappa shape index (κ2) is 11.2. The molecule has 0 saturated carbocycles. The zero-order chi connectivity index (χ0) is 18.0. The Balaban J connectivity index is 0. The van der Waals surface area contributed by atoms with Crippen molar-refractivity contribution in [2.45, 2.75) is 70.4 Å². The molecule has 0 radical (unpaired) electrons. The third kappa shape index (κ3) is 11.2. The lowest BCUT2D eigenvalue weighted by molar-refractivity contribution is -0.139. The molecule has 0 fully saturated rings. The largest absolute Gasteiger partial charge is 0.465 e. The van der Waals surface area contributed by atoms with E-state index in [1.165, 1.54) is 11.8 Å². The van der Waals surface area contributed by atoms with E-state index >= 15 is 0 Å². The molecule has 0 aliphatic rings. The maximum absolute atomic E-state index is 11.4. The van der Waals surface area contributed by atoms with E-state index < -0.39 is 4.75 Å². The Hall–Kier alpha value is -0.360. The molecule has 130 valence electrons. The molecule has 6 heteroatoms. The molecule has 0 aromatic heterocycles. The molecule has 0 aliphatic carbocycles. The molecule has 0 aromatic carbocycles. The number of hydrogen-bond donors (Lipinski definition) is 0. The first-order valence-electron chi connectivity index (χ1n) is 7.47. The number of carbonyl (C=O) groups excluding carboxylic acids is 3. The van der Waals surface area contributed by atoms with Gasteiger partial charge in [-0.2, -0.15) is 0 Å². The van der Waals surface area contributed by atoms with Gasteiger partial charge in [0.05, 0.1) is 21.4 Å². The van der Waals surface area contributed by atoms with E-state index in [1.807, 2.05) is 41.5 Å². The average Bonchev–Trinajstić information content (AvgIpc) is 2.43. The maximum Gasteiger partial charge on any atom is 0.315 e. The third-order valence-corrected chi connectivity index (χ3v) is 4.60. The van der Waals surface area contributed by atoms with Gasteiger partial charge >= 0.3 is 5.97 Å². The Morgan fingerprint density at radius 1 is 0.955 bits per heavy atom. The molecule has 4 nitrogen and oxygen atoms in total. The van der Waals surface area contributed by atoms with Gasteiger partial charge in [0, 0.05) is 12.8 Å². The van der Waals surface area contributed by atoms with E-state index in [0.29, 0.717) is 19.4 Å². The molecule has 0 rings (SSSR count). The number of Topliss-reactive ketones (excluding diaryl/α,β-unsaturated/α-hetero) is 2. The van der Waals surface area contributed by atoms with Crippen molar-refractivity contribution in [3.05, 3.63) is 0 Å². The summed E-state index contributed by atoms with van der Waals surface area (Å²) in [7, 11) is 0. The quantitative estimate of drug-likeness (QED) is 0.454. The fourth-order valence-electron chi connectivity index (χ4n) is 1.37. The third-order valence-electron chi connectivity index (χ3n) is 2.83. The van der Waals surface area contributed by atoms with E-state index in [1.54, 1.807) is 6.92 Å². The van der Waals surface area contributed by atoms with Crippen molar-refractivity contribution in [3.63, 3.8) is 0 Å². The van der Waals surface area contributed by atoms with Crippen LogP contribution >= 0.6 is 27.7 Å². The fourth-order valence-corrected chi connectivity index (χ4v) is 2.52. The molecule has 22 heavy (non-hydrogen) atoms. The molecular weight excluding hydrogens is 368 g/mol. The first-order chi connectivity index (χ1) is 9.92. The van der Waals surface area contributed by atoms with Gasteiger partial charge in [0.15, 0.2) is 0 Å². The van der Waals surface area contributed by atoms with Crippen LogP contribution in [0, 0.1) is 0 Å². The lowest BCUT2D eigenvalue weighted by Gasteiger charge is -2.20. The highest BCUT2D eigenvalue weighted by Crippen LogP contribution is 2.26. The van der Waals surface area contributed by atoms with E-state index in [4.69, 9.17) is 4.74 Å². The van der Waals surface area contributed by atoms with Gasteiger partial charge in [-0.1, -0.05) is 29.8 Å². The first kappa shape index (κ1) is 23.9. The summed E-state index contributed by atoms with van der Waals surface area (Å²) < 4.78 is 3.98. The van der Waals surface area contributed by atoms with Gasteiger partial charge in [0.25, 0.3) is 0 Å². The number of carbonyl (C=O) groups is 3. The van der Waals surface area contributed by atoms with E-state index in [2.05, 4.69) is 15.9 Å². The van der Waals surface area contributed by atoms with Crippen molar-refractivity contribution in [2.24, 2.45) is 0 Å². The Morgan fingerprint density at radius 3 is 1.68 bits per heavy atom. The molecule has 0 atom stereocenters. The minimum absolute atomic E-state index is 0.159. The smallest absolute Gasteiger partial charge is 0.315 e. The number of thioether (sulfide) groups is 1. The van der Waals surface area contributed by atoms with Gasteiger partial charge in [-0.05, 0) is 34.6 Å². The highest BCUT2D eigenvalue weighted by atomic mass is 79.9. The number of esters is 1. The van der Waals surface area contributed by atoms with Crippen LogP contribution in [0.5, 0.6) is 0 Å². The van der Waals surface area contributed by atoms with Gasteiger partial charge in [0.1, 0.15) is 11.6 Å². The normalized spacial score (nSPS) is 11.3. The predicted molar refractivity (Wildman–Crippen MR) is 96.8 cm³/mol. The molecule has 0 spiro atoms. The van der Waals surface area contributed by atoms with Gasteiger partial charge in [0.2, 0.25) is 0 Å². The monoisotopic (exact) mass is 396 g/mol. The fraction of sp³-hybridized carbons (Fsp3) is 0.812. The van der Waals surface area contributed by atoms with Gasteiger partial charge in [-0.15, -0.1) is 11.8 Å². The van der Waals surface area contributed by atoms with Crippen LogP contribution < -0.4 is 0 Å². The summed E-state index contributed by atoms with van der Waals surface area (Å²) in [5.74, 6) is 0.394. The van der Waals surface area contributed by atoms with Crippen molar-refractivity contribution in [2.75, 3.05) is 12.4 Å². The molecule has 0 heterocycles. The predicted octanol–water partition coefficient (Wildman–Crippen LogP) is 4.18. The Morgan fingerprint density at radius 2 is 1.41 bits per heavy atom. The lowest BCUT2D eigenvalue weighted by Crippen LogP contribution is -2.28. The summed E-state index contributed by atoms with van der Waals surface area (Å²) in [5.41, 5.74) is 0. The van der Waals surface area contributed by atoms with Crippen molar-refractivity contribution in [3.8, 4) is 0 Å². The summed E-state index contributed by atoms with van der Waals surface area (Å²) in [6.45, 7) is 13.2. The highest BCUT2D eigenvalue weighted by molar-refractivity contribution is 9.10. The van der Waals surface area contributed by atoms with E-state index in [-0.39, 0.29) is 27.6 Å². The average molecular weight is 397 g/mol. The Kier molecular flexibility index (Phi) is 12.2. The van der Waals surface area contributed by atoms with E-state index in [0.717, 1.165) is 0 Å². The van der Waals surface area contributed by atoms with Crippen molar-refractivity contribution in [1.82, 2.24) is 0 Å². The minimum atomic E-state index is -0.485. The van der Waals surface area contributed by atoms with Crippen LogP contribution in [-0.4, -0.2) is 39.0 Å². The van der Waals surface area contributed by atoms with Crippen LogP contribution in [-0.2, 0) is 19.1 Å². The molecule has 0 N–H and O–H groups in total. The highest BCUT2D eigenvalue weighted by Gasteiger charge is 2.27. The number of hydrogen-bond acceptors (Lipinski definition) is 5. The number of halogens is 1. The Bertz CT molecular complexity index is 373. The standard InChI is InChI=1S/C10H18O3S.C6H11BrO/c1-5-8(11)10(3,4)14-7-9(12)13-6-2;1-4-5(8)6(2,3)7/h5-7H2,1-4H3;4H2,1-3H3. The van der Waals surface area contributed by atoms with Crippen molar-refractivity contribution in [1.29, 1.82) is 0 Å². The van der Waals surface area contributed by atoms with Gasteiger partial charge < -0.3 is 4.74 Å². The zero-order valence-electron chi connectivity index (χ0n) is 14.7. The minimum Gasteiger partial charge on any atom is -0.465 e. The zero-order valence-corrected chi connectivity index (χ0v) is 17.2. The second-order valence-corrected chi connectivity index (χ2v) is 9.21. The molecule has 0 unspecified atom stereocenters. The molecule has 0 amide bonds. The number of rotatable bonds is 8. The van der Waals surface area contributed by atoms with Crippen LogP contribution in [0.15, 0.2) is 0 Å². The summed E-state index contributed by atoms with van der Waals surface area (Å²) >= 11 is 4.59. The molecule has 0 bridgehead atoms. The topological polar surface area (TPSA) is 60.4 Å². The summed E-state index contributed by atoms with van der Waals surface area (Å²) in [5, 5.41) is 0. The molecule has 0 aromatic rings. The molecule has 0 aliphatic heterocycles. The van der Waals surface area contributed by atoms with Gasteiger partial charge in [-0.25, -0.2) is 0 Å². The summed E-state index contributed by atoms with van der Waals surface area (Å²) in [4.78, 5) is 33.3. The maximum atomic E-state index is 11.4. The first-order valence-corrected chi connectivity index (χ1v) is 9.25. The van der Waals surface area contributed by atoms with Crippen LogP contribution in [0.4, 0.5) is 0 Å². The summed E-state index contributed by atoms with van der Waals surface area (Å²) in [6, 6.07) is 0. The molecular formula is C16H29BrO4S. The molecule has 0 saturated heterocycles. The SMILES string of the molecule is CCC(=O)C(C)(C)Br.CCOC(=O)CSC(C)(C)C(=O)CC. The number of ether oxygens (including phenoxy) is 1. The van der Waals surface area contributed by atoms with Crippen LogP contribution in [0.25, 0.3) is 0 Å². The number of alkyl halides is 1. The van der Waals surface area contributed by atoms with Crippen LogP contribution in [0.2, 0.25) is 0 Å². The second-order valence-electron chi connectivity index (χ2n) is 5.63. The van der Waals surface area contributed by atoms with Gasteiger partial charge in [-0.3, -0.25) is 14.4 Å². The lowest BCUT2D eigenvalue weighted by atomic mass is 10.1. The van der Waals surface area contributed by atoms with Crippen LogP contribution in [0.3, 0.4) is 0 Å².